The van der Waals surface area contributed by atoms with Crippen LogP contribution < -0.4 is 16.0 Å². The number of β-lactam (4-membered cyclic amide) rings is 1. The second kappa shape index (κ2) is 10.2. The van der Waals surface area contributed by atoms with Crippen molar-refractivity contribution in [2.24, 2.45) is 5.92 Å². The number of nitrogens with one attached hydrogen (secondary N) is 3. The maximum Gasteiger partial charge on any atom is 0.334 e. The number of Topliss-reactive ketones (excluding diaryl/α,β-unsaturated/α-hetero) is 1. The third-order valence-corrected chi connectivity index (χ3v) is 7.41. The number of ether oxygens (including phenoxy) is 1. The Morgan fingerprint density at radius 1 is 1.26 bits per heavy atom. The molecule has 13 heteroatoms. The molecule has 0 aliphatic carbocycles. The first-order valence-corrected chi connectivity index (χ1v) is 12.3. The van der Waals surface area contributed by atoms with Gasteiger partial charge in [-0.05, 0) is 43.8 Å². The highest BCUT2D eigenvalue weighted by molar-refractivity contribution is 7.10. The number of hydrogen-bond acceptors (Lipinski definition) is 9. The second-order valence-electron chi connectivity index (χ2n) is 8.62. The van der Waals surface area contributed by atoms with Gasteiger partial charge in [0.15, 0.2) is 6.04 Å². The molecule has 4 heterocycles. The van der Waals surface area contributed by atoms with E-state index in [1.807, 2.05) is 0 Å². The lowest BCUT2D eigenvalue weighted by Crippen LogP contribution is -2.75. The van der Waals surface area contributed by atoms with Crippen LogP contribution in [0.25, 0.3) is 0 Å². The summed E-state index contributed by atoms with van der Waals surface area (Å²) in [4.78, 5) is 79.7. The van der Waals surface area contributed by atoms with E-state index in [0.29, 0.717) is 30.8 Å². The van der Waals surface area contributed by atoms with Crippen molar-refractivity contribution >= 4 is 46.8 Å². The van der Waals surface area contributed by atoms with Crippen LogP contribution in [0, 0.1) is 5.92 Å². The third-order valence-electron chi connectivity index (χ3n) is 6.49. The quantitative estimate of drug-likeness (QED) is 0.266. The van der Waals surface area contributed by atoms with E-state index in [9.17, 15) is 28.8 Å². The molecule has 3 aliphatic heterocycles. The smallest absolute Gasteiger partial charge is 0.334 e. The Labute approximate surface area is 205 Å². The Kier molecular flexibility index (Phi) is 7.28. The molecule has 0 radical (unpaired) electrons. The Hall–Kier alpha value is -3.16. The van der Waals surface area contributed by atoms with Gasteiger partial charge in [0.1, 0.15) is 0 Å². The van der Waals surface area contributed by atoms with Gasteiger partial charge in [-0.1, -0.05) is 6.07 Å². The van der Waals surface area contributed by atoms with Crippen LogP contribution in [-0.2, 0) is 28.7 Å². The van der Waals surface area contributed by atoms with Crippen LogP contribution in [-0.4, -0.2) is 84.3 Å². The summed E-state index contributed by atoms with van der Waals surface area (Å²) in [6.45, 7) is 1.09. The predicted octanol–water partition coefficient (Wildman–Crippen LogP) is -0.482. The second-order valence-corrected chi connectivity index (χ2v) is 9.60. The molecular formula is C22H27N5O7S. The fraction of sp³-hybridized carbons (Fsp3) is 0.545. The number of rotatable bonds is 6. The van der Waals surface area contributed by atoms with Crippen molar-refractivity contribution in [3.05, 3.63) is 22.4 Å². The number of hydrogen-bond donors (Lipinski definition) is 3. The first-order chi connectivity index (χ1) is 16.8. The number of methoxy groups -OCH3 is 1. The molecule has 1 aromatic rings. The molecule has 35 heavy (non-hydrogen) atoms. The van der Waals surface area contributed by atoms with Gasteiger partial charge >= 0.3 is 6.03 Å². The lowest BCUT2D eigenvalue weighted by atomic mass is 9.95. The van der Waals surface area contributed by atoms with Crippen molar-refractivity contribution in [3.8, 4) is 0 Å². The molecule has 3 saturated heterocycles. The van der Waals surface area contributed by atoms with Gasteiger partial charge in [-0.15, -0.1) is 11.3 Å². The van der Waals surface area contributed by atoms with Gasteiger partial charge in [-0.3, -0.25) is 28.9 Å². The molecule has 2 unspecified atom stereocenters. The molecule has 188 valence electrons. The summed E-state index contributed by atoms with van der Waals surface area (Å²) in [5.74, 6) is -4.26. The SMILES string of the molecule is COC1(NC(=O)C(c2cccs2)N(C(=O)C2CCNCC2)C(=O)N2CCCC(=O)C2=O)CNC1=O. The highest BCUT2D eigenvalue weighted by Gasteiger charge is 2.51. The molecule has 12 nitrogen and oxygen atoms in total. The highest BCUT2D eigenvalue weighted by Crippen LogP contribution is 2.31. The molecular weight excluding hydrogens is 478 g/mol. The van der Waals surface area contributed by atoms with Crippen LogP contribution in [0.2, 0.25) is 0 Å². The lowest BCUT2D eigenvalue weighted by molar-refractivity contribution is -0.168. The largest absolute Gasteiger partial charge is 0.349 e. The van der Waals surface area contributed by atoms with E-state index in [1.54, 1.807) is 17.5 Å². The van der Waals surface area contributed by atoms with E-state index in [1.165, 1.54) is 7.11 Å². The maximum absolute atomic E-state index is 13.8. The number of amides is 6. The van der Waals surface area contributed by atoms with Gasteiger partial charge in [-0.25, -0.2) is 9.69 Å². The molecule has 3 N–H and O–H groups in total. The Morgan fingerprint density at radius 3 is 2.57 bits per heavy atom. The first kappa shape index (κ1) is 24.9. The molecule has 2 atom stereocenters. The van der Waals surface area contributed by atoms with Crippen molar-refractivity contribution in [2.75, 3.05) is 33.3 Å². The van der Waals surface area contributed by atoms with Crippen molar-refractivity contribution < 1.29 is 33.5 Å². The number of carbonyl (C=O) groups excluding carboxylic acids is 6. The molecule has 6 amide bonds. The van der Waals surface area contributed by atoms with Gasteiger partial charge in [0.25, 0.3) is 17.7 Å². The van der Waals surface area contributed by atoms with Crippen LogP contribution >= 0.6 is 11.3 Å². The van der Waals surface area contributed by atoms with E-state index >= 15 is 0 Å². The summed E-state index contributed by atoms with van der Waals surface area (Å²) in [7, 11) is 1.26. The third kappa shape index (κ3) is 4.70. The summed E-state index contributed by atoms with van der Waals surface area (Å²) in [5.41, 5.74) is -1.63. The zero-order valence-electron chi connectivity index (χ0n) is 19.2. The zero-order chi connectivity index (χ0) is 25.2. The van der Waals surface area contributed by atoms with Gasteiger partial charge in [0.2, 0.25) is 17.4 Å². The van der Waals surface area contributed by atoms with E-state index in [0.717, 1.165) is 21.1 Å². The molecule has 1 aromatic heterocycles. The van der Waals surface area contributed by atoms with Crippen LogP contribution in [0.5, 0.6) is 0 Å². The van der Waals surface area contributed by atoms with E-state index in [4.69, 9.17) is 4.74 Å². The number of nitrogens with zero attached hydrogens (tertiary/aromatic N) is 2. The maximum atomic E-state index is 13.8. The van der Waals surface area contributed by atoms with Gasteiger partial charge in [0.05, 0.1) is 6.54 Å². The van der Waals surface area contributed by atoms with E-state index in [2.05, 4.69) is 16.0 Å². The van der Waals surface area contributed by atoms with Crippen LogP contribution in [0.1, 0.15) is 36.6 Å². The topological polar surface area (TPSA) is 154 Å². The number of ketones is 1. The average Bonchev–Trinajstić information content (AvgIpc) is 3.40. The molecule has 4 rings (SSSR count). The number of carbonyl (C=O) groups is 6. The number of thiophene rings is 1. The zero-order valence-corrected chi connectivity index (χ0v) is 20.0. The Bertz CT molecular complexity index is 1030. The molecule has 0 aromatic carbocycles. The predicted molar refractivity (Wildman–Crippen MR) is 122 cm³/mol. The van der Waals surface area contributed by atoms with Crippen molar-refractivity contribution in [1.29, 1.82) is 0 Å². The molecule has 3 aliphatic rings. The average molecular weight is 506 g/mol. The standard InChI is InChI=1S/C22H27N5O7S/c1-34-22(12-24-20(22)32)25-17(29)16(15-5-3-11-35-15)27(18(30)13-6-8-23-9-7-13)21(33)26-10-2-4-14(28)19(26)31/h3,5,11,13,16,23H,2,4,6-10,12H2,1H3,(H,24,32)(H,25,29). The number of likely N-dealkylation sites (tertiary alicyclic amines) is 1. The summed E-state index contributed by atoms with van der Waals surface area (Å²) in [6.07, 6.45) is 1.18. The number of imide groups is 2. The Balaban J connectivity index is 1.73. The molecule has 3 fully saturated rings. The summed E-state index contributed by atoms with van der Waals surface area (Å²) in [6, 6.07) is 0.768. The van der Waals surface area contributed by atoms with E-state index < -0.39 is 53.1 Å². The molecule has 0 bridgehead atoms. The fourth-order valence-corrected chi connectivity index (χ4v) is 5.21. The summed E-state index contributed by atoms with van der Waals surface area (Å²) in [5, 5.41) is 9.87. The van der Waals surface area contributed by atoms with Crippen LogP contribution in [0.3, 0.4) is 0 Å². The van der Waals surface area contributed by atoms with Crippen LogP contribution in [0.15, 0.2) is 17.5 Å². The monoisotopic (exact) mass is 505 g/mol. The normalized spacial score (nSPS) is 23.8. The fourth-order valence-electron chi connectivity index (χ4n) is 4.39. The molecule has 0 saturated carbocycles. The minimum atomic E-state index is -1.63. The van der Waals surface area contributed by atoms with E-state index in [-0.39, 0.29) is 25.9 Å². The van der Waals surface area contributed by atoms with Gasteiger partial charge < -0.3 is 20.7 Å². The number of piperidine rings is 2. The van der Waals surface area contributed by atoms with Gasteiger partial charge in [0, 0.05) is 30.9 Å². The van der Waals surface area contributed by atoms with Crippen LogP contribution in [0.4, 0.5) is 4.79 Å². The summed E-state index contributed by atoms with van der Waals surface area (Å²) >= 11 is 1.15. The van der Waals surface area contributed by atoms with Crippen molar-refractivity contribution in [2.45, 2.75) is 37.5 Å². The van der Waals surface area contributed by atoms with Gasteiger partial charge in [-0.2, -0.15) is 0 Å². The highest BCUT2D eigenvalue weighted by atomic mass is 32.1. The molecule has 0 spiro atoms. The minimum absolute atomic E-state index is 0.0144. The number of urea groups is 1. The summed E-state index contributed by atoms with van der Waals surface area (Å²) < 4.78 is 5.24. The van der Waals surface area contributed by atoms with Crippen molar-refractivity contribution in [3.63, 3.8) is 0 Å². The van der Waals surface area contributed by atoms with Crippen molar-refractivity contribution in [1.82, 2.24) is 25.8 Å². The first-order valence-electron chi connectivity index (χ1n) is 11.4. The lowest BCUT2D eigenvalue weighted by Gasteiger charge is -2.42. The minimum Gasteiger partial charge on any atom is -0.349 e. The Morgan fingerprint density at radius 2 is 2.00 bits per heavy atom.